The lowest BCUT2D eigenvalue weighted by molar-refractivity contribution is 0.191. The average molecular weight is 445 g/mol. The van der Waals surface area contributed by atoms with E-state index in [0.29, 0.717) is 19.5 Å². The molecule has 0 saturated carbocycles. The highest BCUT2D eigenvalue weighted by atomic mass is 32.2. The number of rotatable bonds is 3. The average Bonchev–Trinajstić information content (AvgIpc) is 3.42. The number of aromatic nitrogens is 2. The van der Waals surface area contributed by atoms with E-state index in [0.717, 1.165) is 48.6 Å². The zero-order valence-electron chi connectivity index (χ0n) is 17.5. The highest BCUT2D eigenvalue weighted by molar-refractivity contribution is 7.91. The van der Waals surface area contributed by atoms with Gasteiger partial charge in [0.2, 0.25) is 0 Å². The number of urea groups is 1. The molecule has 1 aromatic carbocycles. The number of carbonyl (C=O) groups excluding carboxylic acids is 1. The van der Waals surface area contributed by atoms with Gasteiger partial charge in [-0.05, 0) is 37.5 Å². The minimum atomic E-state index is -3.00. The lowest BCUT2D eigenvalue weighted by atomic mass is 10.1. The number of fused-ring (bicyclic) bond motifs is 1. The molecule has 2 aromatic rings. The molecular weight excluding hydrogens is 416 g/mol. The lowest BCUT2D eigenvalue weighted by Crippen LogP contribution is -2.53. The summed E-state index contributed by atoms with van der Waals surface area (Å²) in [5.74, 6) is 1.22. The highest BCUT2D eigenvalue weighted by Gasteiger charge is 2.31. The van der Waals surface area contributed by atoms with Crippen LogP contribution in [0.3, 0.4) is 0 Å². The maximum Gasteiger partial charge on any atom is 0.317 e. The molecular formula is C21H28N6O3S. The van der Waals surface area contributed by atoms with E-state index in [1.807, 2.05) is 6.07 Å². The minimum absolute atomic E-state index is 0.0528. The molecule has 1 N–H and O–H groups in total. The van der Waals surface area contributed by atoms with Crippen LogP contribution in [0.2, 0.25) is 0 Å². The summed E-state index contributed by atoms with van der Waals surface area (Å²) in [4.78, 5) is 27.9. The van der Waals surface area contributed by atoms with Crippen molar-refractivity contribution >= 4 is 38.3 Å². The second kappa shape index (κ2) is 8.14. The lowest BCUT2D eigenvalue weighted by Gasteiger charge is -2.36. The van der Waals surface area contributed by atoms with E-state index in [-0.39, 0.29) is 23.6 Å². The van der Waals surface area contributed by atoms with Gasteiger partial charge in [0.05, 0.1) is 17.0 Å². The van der Waals surface area contributed by atoms with Gasteiger partial charge in [-0.2, -0.15) is 0 Å². The second-order valence-electron chi connectivity index (χ2n) is 8.62. The summed E-state index contributed by atoms with van der Waals surface area (Å²) in [6.07, 6.45) is 4.54. The van der Waals surface area contributed by atoms with Crippen LogP contribution in [0.4, 0.5) is 16.3 Å². The summed E-state index contributed by atoms with van der Waals surface area (Å²) in [7, 11) is -3.00. The SMILES string of the molecule is O=C(NC1CCS(=O)(=O)C1)N1CCN(c2ccc3ncnc(N4CCCC4)c3c2)CC1. The molecule has 3 aliphatic heterocycles. The highest BCUT2D eigenvalue weighted by Crippen LogP contribution is 2.30. The third kappa shape index (κ3) is 4.26. The number of nitrogens with zero attached hydrogens (tertiary/aromatic N) is 5. The Bertz CT molecular complexity index is 1080. The Morgan fingerprint density at radius 1 is 1.00 bits per heavy atom. The summed E-state index contributed by atoms with van der Waals surface area (Å²) in [6, 6.07) is 5.88. The van der Waals surface area contributed by atoms with Gasteiger partial charge >= 0.3 is 6.03 Å². The van der Waals surface area contributed by atoms with Crippen LogP contribution in [0.1, 0.15) is 19.3 Å². The molecule has 3 saturated heterocycles. The Morgan fingerprint density at radius 3 is 2.48 bits per heavy atom. The first kappa shape index (κ1) is 20.3. The number of sulfone groups is 1. The molecule has 4 heterocycles. The predicted molar refractivity (Wildman–Crippen MR) is 120 cm³/mol. The summed E-state index contributed by atoms with van der Waals surface area (Å²) in [5, 5.41) is 3.96. The normalized spacial score (nSPS) is 23.5. The molecule has 0 spiro atoms. The molecule has 9 nitrogen and oxygen atoms in total. The van der Waals surface area contributed by atoms with E-state index in [2.05, 4.69) is 37.2 Å². The number of hydrogen-bond acceptors (Lipinski definition) is 7. The topological polar surface area (TPSA) is 98.7 Å². The van der Waals surface area contributed by atoms with Crippen molar-refractivity contribution in [2.45, 2.75) is 25.3 Å². The number of anilines is 2. The van der Waals surface area contributed by atoms with Gasteiger partial charge in [-0.3, -0.25) is 0 Å². The van der Waals surface area contributed by atoms with Crippen molar-refractivity contribution in [3.63, 3.8) is 0 Å². The predicted octanol–water partition coefficient (Wildman–Crippen LogP) is 1.25. The van der Waals surface area contributed by atoms with E-state index < -0.39 is 9.84 Å². The van der Waals surface area contributed by atoms with Crippen molar-refractivity contribution < 1.29 is 13.2 Å². The van der Waals surface area contributed by atoms with Crippen LogP contribution in [0.25, 0.3) is 10.9 Å². The molecule has 2 amide bonds. The van der Waals surface area contributed by atoms with Crippen molar-refractivity contribution in [2.75, 3.05) is 60.6 Å². The van der Waals surface area contributed by atoms with Gasteiger partial charge in [0.15, 0.2) is 9.84 Å². The first-order valence-electron chi connectivity index (χ1n) is 11.0. The molecule has 3 fully saturated rings. The van der Waals surface area contributed by atoms with E-state index in [4.69, 9.17) is 0 Å². The number of carbonyl (C=O) groups is 1. The van der Waals surface area contributed by atoms with Crippen molar-refractivity contribution in [3.05, 3.63) is 24.5 Å². The first-order valence-corrected chi connectivity index (χ1v) is 12.8. The van der Waals surface area contributed by atoms with Crippen LogP contribution in [0.15, 0.2) is 24.5 Å². The monoisotopic (exact) mass is 444 g/mol. The molecule has 1 unspecified atom stereocenters. The Kier molecular flexibility index (Phi) is 5.33. The van der Waals surface area contributed by atoms with Crippen LogP contribution < -0.4 is 15.1 Å². The molecule has 166 valence electrons. The van der Waals surface area contributed by atoms with Crippen molar-refractivity contribution in [1.29, 1.82) is 0 Å². The van der Waals surface area contributed by atoms with Crippen LogP contribution in [0, 0.1) is 0 Å². The van der Waals surface area contributed by atoms with Crippen LogP contribution in [-0.2, 0) is 9.84 Å². The van der Waals surface area contributed by atoms with E-state index in [1.54, 1.807) is 11.2 Å². The minimum Gasteiger partial charge on any atom is -0.368 e. The molecule has 0 bridgehead atoms. The summed E-state index contributed by atoms with van der Waals surface area (Å²) < 4.78 is 23.2. The molecule has 5 rings (SSSR count). The van der Waals surface area contributed by atoms with Gasteiger partial charge in [-0.15, -0.1) is 0 Å². The van der Waals surface area contributed by atoms with Gasteiger partial charge in [-0.1, -0.05) is 0 Å². The summed E-state index contributed by atoms with van der Waals surface area (Å²) in [5.41, 5.74) is 2.06. The third-order valence-corrected chi connectivity index (χ3v) is 8.26. The molecule has 10 heteroatoms. The quantitative estimate of drug-likeness (QED) is 0.761. The van der Waals surface area contributed by atoms with Crippen molar-refractivity contribution in [1.82, 2.24) is 20.2 Å². The van der Waals surface area contributed by atoms with Gasteiger partial charge in [0.25, 0.3) is 0 Å². The van der Waals surface area contributed by atoms with Crippen molar-refractivity contribution in [3.8, 4) is 0 Å². The molecule has 1 aromatic heterocycles. The summed E-state index contributed by atoms with van der Waals surface area (Å²) >= 11 is 0. The van der Waals surface area contributed by atoms with Crippen LogP contribution in [-0.4, -0.2) is 86.1 Å². The Hall–Kier alpha value is -2.62. The summed E-state index contributed by atoms with van der Waals surface area (Å²) in [6.45, 7) is 4.74. The largest absolute Gasteiger partial charge is 0.368 e. The Morgan fingerprint density at radius 2 is 1.77 bits per heavy atom. The molecule has 1 atom stereocenters. The zero-order chi connectivity index (χ0) is 21.4. The van der Waals surface area contributed by atoms with Gasteiger partial charge in [0.1, 0.15) is 12.1 Å². The Balaban J connectivity index is 1.25. The number of amides is 2. The molecule has 0 radical (unpaired) electrons. The fraction of sp³-hybridized carbons (Fsp3) is 0.571. The number of benzene rings is 1. The number of nitrogens with one attached hydrogen (secondary N) is 1. The number of hydrogen-bond donors (Lipinski definition) is 1. The van der Waals surface area contributed by atoms with Gasteiger partial charge in [-0.25, -0.2) is 23.2 Å². The standard InChI is InChI=1S/C21H28N6O3S/c28-21(24-16-5-12-31(29,30)14-16)27-10-8-25(9-11-27)17-3-4-19-18(13-17)20(23-15-22-19)26-6-1-2-7-26/h3-4,13,15-16H,1-2,5-12,14H2,(H,24,28). The third-order valence-electron chi connectivity index (χ3n) is 6.50. The molecule has 31 heavy (non-hydrogen) atoms. The van der Waals surface area contributed by atoms with E-state index in [1.165, 1.54) is 12.8 Å². The van der Waals surface area contributed by atoms with Crippen LogP contribution >= 0.6 is 0 Å². The molecule has 3 aliphatic rings. The zero-order valence-corrected chi connectivity index (χ0v) is 18.4. The first-order chi connectivity index (χ1) is 15.0. The van der Waals surface area contributed by atoms with E-state index >= 15 is 0 Å². The molecule has 0 aliphatic carbocycles. The smallest absolute Gasteiger partial charge is 0.317 e. The second-order valence-corrected chi connectivity index (χ2v) is 10.8. The maximum absolute atomic E-state index is 12.6. The van der Waals surface area contributed by atoms with Gasteiger partial charge in [0, 0.05) is 56.4 Å². The number of piperazine rings is 1. The maximum atomic E-state index is 12.6. The fourth-order valence-electron chi connectivity index (χ4n) is 4.75. The van der Waals surface area contributed by atoms with Crippen LogP contribution in [0.5, 0.6) is 0 Å². The fourth-order valence-corrected chi connectivity index (χ4v) is 6.42. The Labute approximate surface area is 182 Å². The van der Waals surface area contributed by atoms with Gasteiger partial charge < -0.3 is 20.0 Å². The van der Waals surface area contributed by atoms with E-state index in [9.17, 15) is 13.2 Å². The van der Waals surface area contributed by atoms with Crippen molar-refractivity contribution in [2.24, 2.45) is 0 Å².